The highest BCUT2D eigenvalue weighted by Crippen LogP contribution is 2.32. The minimum atomic E-state index is 0.489. The Morgan fingerprint density at radius 1 is 1.21 bits per heavy atom. The molecule has 1 aromatic carbocycles. The summed E-state index contributed by atoms with van der Waals surface area (Å²) < 4.78 is 11.1. The van der Waals surface area contributed by atoms with Crippen LogP contribution in [0, 0.1) is 0 Å². The number of nitrogens with one attached hydrogen (secondary N) is 1. The zero-order valence-electron chi connectivity index (χ0n) is 10.8. The second-order valence-electron chi connectivity index (χ2n) is 3.63. The van der Waals surface area contributed by atoms with Crippen molar-refractivity contribution in [3.05, 3.63) is 28.7 Å². The van der Waals surface area contributed by atoms with E-state index in [1.807, 2.05) is 32.0 Å². The lowest BCUT2D eigenvalue weighted by atomic mass is 10.2. The number of anilines is 2. The Balaban J connectivity index is 2.19. The number of rotatable bonds is 6. The third-order valence-corrected chi connectivity index (χ3v) is 3.35. The molecule has 0 unspecified atom stereocenters. The van der Waals surface area contributed by atoms with Crippen LogP contribution in [-0.2, 0) is 0 Å². The predicted octanol–water partition coefficient (Wildman–Crippen LogP) is 4.34. The Labute approximate surface area is 121 Å². The molecule has 4 nitrogen and oxygen atoms in total. The van der Waals surface area contributed by atoms with E-state index in [0.29, 0.717) is 18.4 Å². The van der Waals surface area contributed by atoms with E-state index < -0.39 is 0 Å². The molecule has 2 aromatic rings. The molecule has 6 heteroatoms. The average Bonchev–Trinajstić information content (AvgIpc) is 2.79. The van der Waals surface area contributed by atoms with Crippen molar-refractivity contribution in [3.8, 4) is 11.5 Å². The lowest BCUT2D eigenvalue weighted by Crippen LogP contribution is -1.99. The highest BCUT2D eigenvalue weighted by atomic mass is 35.5. The van der Waals surface area contributed by atoms with Crippen molar-refractivity contribution in [3.63, 3.8) is 0 Å². The van der Waals surface area contributed by atoms with Crippen LogP contribution in [0.15, 0.2) is 23.6 Å². The van der Waals surface area contributed by atoms with Gasteiger partial charge in [0.2, 0.25) is 0 Å². The predicted molar refractivity (Wildman–Crippen MR) is 79.2 cm³/mol. The molecule has 1 heterocycles. The monoisotopic (exact) mass is 298 g/mol. The molecule has 102 valence electrons. The second kappa shape index (κ2) is 6.63. The number of hydrogen-bond acceptors (Lipinski definition) is 5. The van der Waals surface area contributed by atoms with E-state index >= 15 is 0 Å². The Bertz CT molecular complexity index is 545. The molecule has 0 saturated heterocycles. The van der Waals surface area contributed by atoms with E-state index in [9.17, 15) is 0 Å². The van der Waals surface area contributed by atoms with Crippen molar-refractivity contribution in [2.75, 3.05) is 18.5 Å². The summed E-state index contributed by atoms with van der Waals surface area (Å²) in [5.41, 5.74) is 0.887. The lowest BCUT2D eigenvalue weighted by molar-refractivity contribution is 0.288. The molecule has 1 aromatic heterocycles. The number of ether oxygens (including phenoxy) is 2. The summed E-state index contributed by atoms with van der Waals surface area (Å²) in [5, 5.41) is 6.20. The third kappa shape index (κ3) is 3.75. The zero-order valence-corrected chi connectivity index (χ0v) is 12.3. The van der Waals surface area contributed by atoms with Crippen LogP contribution < -0.4 is 14.8 Å². The Morgan fingerprint density at radius 3 is 2.58 bits per heavy atom. The fraction of sp³-hybridized carbons (Fsp3) is 0.308. The van der Waals surface area contributed by atoms with Gasteiger partial charge in [0.1, 0.15) is 5.15 Å². The maximum atomic E-state index is 5.79. The molecule has 0 aliphatic heterocycles. The number of aromatic nitrogens is 1. The van der Waals surface area contributed by atoms with Gasteiger partial charge in [0.15, 0.2) is 16.6 Å². The summed E-state index contributed by atoms with van der Waals surface area (Å²) in [4.78, 5) is 4.14. The quantitative estimate of drug-likeness (QED) is 0.861. The third-order valence-electron chi connectivity index (χ3n) is 2.27. The maximum Gasteiger partial charge on any atom is 0.188 e. The molecular formula is C13H15ClN2O2S. The fourth-order valence-electron chi connectivity index (χ4n) is 1.56. The highest BCUT2D eigenvalue weighted by molar-refractivity contribution is 7.14. The number of halogens is 1. The standard InChI is InChI=1S/C13H15ClN2O2S/c1-3-17-10-6-5-9(7-11(10)18-4-2)15-13-16-12(14)8-19-13/h5-8H,3-4H2,1-2H3,(H,15,16). The Kier molecular flexibility index (Phi) is 4.87. The van der Waals surface area contributed by atoms with Gasteiger partial charge < -0.3 is 14.8 Å². The van der Waals surface area contributed by atoms with Gasteiger partial charge in [-0.3, -0.25) is 0 Å². The Hall–Kier alpha value is -1.46. The molecular weight excluding hydrogens is 284 g/mol. The van der Waals surface area contributed by atoms with Gasteiger partial charge in [0.25, 0.3) is 0 Å². The van der Waals surface area contributed by atoms with Gasteiger partial charge in [-0.25, -0.2) is 4.98 Å². The van der Waals surface area contributed by atoms with Crippen LogP contribution in [0.25, 0.3) is 0 Å². The SMILES string of the molecule is CCOc1ccc(Nc2nc(Cl)cs2)cc1OCC. The summed E-state index contributed by atoms with van der Waals surface area (Å²) in [7, 11) is 0. The van der Waals surface area contributed by atoms with Gasteiger partial charge >= 0.3 is 0 Å². The molecule has 0 aliphatic rings. The topological polar surface area (TPSA) is 43.4 Å². The molecule has 0 atom stereocenters. The van der Waals surface area contributed by atoms with Gasteiger partial charge in [-0.05, 0) is 26.0 Å². The number of thiazole rings is 1. The van der Waals surface area contributed by atoms with Crippen molar-refractivity contribution in [2.45, 2.75) is 13.8 Å². The van der Waals surface area contributed by atoms with Crippen molar-refractivity contribution >= 4 is 33.8 Å². The first-order chi connectivity index (χ1) is 9.22. The van der Waals surface area contributed by atoms with Gasteiger partial charge in [-0.2, -0.15) is 0 Å². The van der Waals surface area contributed by atoms with Gasteiger partial charge in [0, 0.05) is 17.1 Å². The summed E-state index contributed by atoms with van der Waals surface area (Å²) in [6.07, 6.45) is 0. The summed E-state index contributed by atoms with van der Waals surface area (Å²) in [6.45, 7) is 5.08. The van der Waals surface area contributed by atoms with E-state index in [0.717, 1.165) is 22.3 Å². The van der Waals surface area contributed by atoms with Crippen molar-refractivity contribution in [1.29, 1.82) is 0 Å². The van der Waals surface area contributed by atoms with E-state index in [4.69, 9.17) is 21.1 Å². The van der Waals surface area contributed by atoms with E-state index in [1.54, 1.807) is 5.38 Å². The molecule has 0 bridgehead atoms. The van der Waals surface area contributed by atoms with Crippen LogP contribution in [0.3, 0.4) is 0 Å². The first-order valence-electron chi connectivity index (χ1n) is 6.00. The lowest BCUT2D eigenvalue weighted by Gasteiger charge is -2.12. The molecule has 0 spiro atoms. The molecule has 1 N–H and O–H groups in total. The molecule has 0 fully saturated rings. The zero-order chi connectivity index (χ0) is 13.7. The largest absolute Gasteiger partial charge is 0.490 e. The minimum Gasteiger partial charge on any atom is -0.490 e. The molecule has 0 radical (unpaired) electrons. The summed E-state index contributed by atoms with van der Waals surface area (Å²) in [6, 6.07) is 5.69. The highest BCUT2D eigenvalue weighted by Gasteiger charge is 2.07. The number of benzene rings is 1. The molecule has 0 aliphatic carbocycles. The summed E-state index contributed by atoms with van der Waals surface area (Å²) in [5.74, 6) is 1.46. The van der Waals surface area contributed by atoms with Crippen LogP contribution >= 0.6 is 22.9 Å². The van der Waals surface area contributed by atoms with E-state index in [1.165, 1.54) is 11.3 Å². The molecule has 0 amide bonds. The second-order valence-corrected chi connectivity index (χ2v) is 4.87. The first kappa shape index (κ1) is 14.0. The van der Waals surface area contributed by atoms with Crippen molar-refractivity contribution in [2.24, 2.45) is 0 Å². The van der Waals surface area contributed by atoms with Crippen molar-refractivity contribution in [1.82, 2.24) is 4.98 Å². The molecule has 2 rings (SSSR count). The smallest absolute Gasteiger partial charge is 0.188 e. The number of hydrogen-bond donors (Lipinski definition) is 1. The summed E-state index contributed by atoms with van der Waals surface area (Å²) >= 11 is 7.24. The van der Waals surface area contributed by atoms with Gasteiger partial charge in [0.05, 0.1) is 13.2 Å². The molecule has 0 saturated carbocycles. The minimum absolute atomic E-state index is 0.489. The average molecular weight is 299 g/mol. The van der Waals surface area contributed by atoms with Gasteiger partial charge in [-0.15, -0.1) is 11.3 Å². The van der Waals surface area contributed by atoms with Gasteiger partial charge in [-0.1, -0.05) is 11.6 Å². The Morgan fingerprint density at radius 2 is 1.95 bits per heavy atom. The van der Waals surface area contributed by atoms with Crippen LogP contribution in [0.4, 0.5) is 10.8 Å². The molecule has 19 heavy (non-hydrogen) atoms. The van der Waals surface area contributed by atoms with Crippen LogP contribution in [0.1, 0.15) is 13.8 Å². The van der Waals surface area contributed by atoms with Crippen LogP contribution in [-0.4, -0.2) is 18.2 Å². The van der Waals surface area contributed by atoms with Crippen LogP contribution in [0.2, 0.25) is 5.15 Å². The normalized spacial score (nSPS) is 10.3. The maximum absolute atomic E-state index is 5.79. The first-order valence-corrected chi connectivity index (χ1v) is 7.26. The van der Waals surface area contributed by atoms with Crippen molar-refractivity contribution < 1.29 is 9.47 Å². The fourth-order valence-corrected chi connectivity index (χ4v) is 2.42. The van der Waals surface area contributed by atoms with E-state index in [2.05, 4.69) is 10.3 Å². The van der Waals surface area contributed by atoms with Crippen LogP contribution in [0.5, 0.6) is 11.5 Å². The number of nitrogens with zero attached hydrogens (tertiary/aromatic N) is 1. The van der Waals surface area contributed by atoms with E-state index in [-0.39, 0.29) is 0 Å².